The molecule has 2 heterocycles. The zero-order chi connectivity index (χ0) is 11.5. The number of aromatic amines is 1. The Labute approximate surface area is 106 Å². The normalized spacial score (nSPS) is 17.9. The van der Waals surface area contributed by atoms with Gasteiger partial charge in [0.1, 0.15) is 6.04 Å². The summed E-state index contributed by atoms with van der Waals surface area (Å²) < 4.78 is 0. The van der Waals surface area contributed by atoms with Gasteiger partial charge in [-0.15, -0.1) is 12.4 Å². The van der Waals surface area contributed by atoms with Gasteiger partial charge in [0.05, 0.1) is 5.69 Å². The lowest BCUT2D eigenvalue weighted by molar-refractivity contribution is -0.122. The molecule has 0 fully saturated rings. The van der Waals surface area contributed by atoms with Gasteiger partial charge in [-0.1, -0.05) is 12.2 Å². The summed E-state index contributed by atoms with van der Waals surface area (Å²) in [5.74, 6) is 0.00810. The number of hydrogen-bond donors (Lipinski definition) is 3. The summed E-state index contributed by atoms with van der Waals surface area (Å²) >= 11 is 0. The molecule has 2 rings (SSSR count). The summed E-state index contributed by atoms with van der Waals surface area (Å²) in [5.41, 5.74) is 3.01. The molecule has 1 aliphatic heterocycles. The van der Waals surface area contributed by atoms with Gasteiger partial charge in [-0.25, -0.2) is 0 Å². The highest BCUT2D eigenvalue weighted by atomic mass is 35.5. The first-order valence-corrected chi connectivity index (χ1v) is 5.36. The van der Waals surface area contributed by atoms with Crippen LogP contribution in [-0.2, 0) is 11.3 Å². The van der Waals surface area contributed by atoms with E-state index in [4.69, 9.17) is 0 Å². The molecule has 1 aromatic heterocycles. The lowest BCUT2D eigenvalue weighted by Gasteiger charge is -2.10. The fourth-order valence-corrected chi connectivity index (χ4v) is 1.77. The lowest BCUT2D eigenvalue weighted by atomic mass is 10.2. The number of amides is 1. The van der Waals surface area contributed by atoms with Crippen molar-refractivity contribution in [1.29, 1.82) is 0 Å². The fourth-order valence-electron chi connectivity index (χ4n) is 1.77. The Balaban J connectivity index is 0.00000144. The summed E-state index contributed by atoms with van der Waals surface area (Å²) in [6, 6.07) is -0.187. The molecule has 3 N–H and O–H groups in total. The first kappa shape index (κ1) is 13.7. The monoisotopic (exact) mass is 256 g/mol. The number of H-pyrrole nitrogens is 1. The number of aryl methyl sites for hydroxylation is 2. The Kier molecular flexibility index (Phi) is 4.72. The number of rotatable bonds is 3. The average molecular weight is 257 g/mol. The van der Waals surface area contributed by atoms with Crippen LogP contribution in [0.2, 0.25) is 0 Å². The van der Waals surface area contributed by atoms with E-state index >= 15 is 0 Å². The summed E-state index contributed by atoms with van der Waals surface area (Å²) in [5, 5.41) is 13.0. The Morgan fingerprint density at radius 1 is 1.59 bits per heavy atom. The first-order chi connectivity index (χ1) is 7.68. The predicted molar refractivity (Wildman–Crippen MR) is 68.1 cm³/mol. The van der Waals surface area contributed by atoms with Crippen LogP contribution in [0.4, 0.5) is 0 Å². The molecule has 1 amide bonds. The highest BCUT2D eigenvalue weighted by Crippen LogP contribution is 2.08. The van der Waals surface area contributed by atoms with Crippen molar-refractivity contribution in [2.45, 2.75) is 26.4 Å². The molecular weight excluding hydrogens is 240 g/mol. The molecule has 0 bridgehead atoms. The topological polar surface area (TPSA) is 69.8 Å². The fraction of sp³-hybridized carbons (Fsp3) is 0.455. The standard InChI is InChI=1S/C11H16N4O.ClH/c1-7-9(8(2)15-14-7)6-13-11(16)10-4-3-5-12-10;/h3-4,10,12H,5-6H2,1-2H3,(H,13,16)(H,14,15);1H. The smallest absolute Gasteiger partial charge is 0.241 e. The van der Waals surface area contributed by atoms with E-state index in [0.717, 1.165) is 23.5 Å². The molecule has 6 heteroatoms. The number of nitrogens with one attached hydrogen (secondary N) is 3. The minimum atomic E-state index is -0.187. The molecule has 1 aliphatic rings. The molecule has 5 nitrogen and oxygen atoms in total. The van der Waals surface area contributed by atoms with E-state index in [1.54, 1.807) is 0 Å². The van der Waals surface area contributed by atoms with E-state index in [9.17, 15) is 4.79 Å². The van der Waals surface area contributed by atoms with E-state index in [1.165, 1.54) is 0 Å². The Bertz CT molecular complexity index is 408. The Hall–Kier alpha value is -1.33. The number of aromatic nitrogens is 2. The van der Waals surface area contributed by atoms with Crippen molar-refractivity contribution in [3.8, 4) is 0 Å². The maximum absolute atomic E-state index is 11.7. The second-order valence-corrected chi connectivity index (χ2v) is 3.94. The number of halogens is 1. The van der Waals surface area contributed by atoms with E-state index in [-0.39, 0.29) is 24.4 Å². The van der Waals surface area contributed by atoms with Crippen LogP contribution in [0.25, 0.3) is 0 Å². The highest BCUT2D eigenvalue weighted by Gasteiger charge is 2.17. The molecule has 0 aromatic carbocycles. The van der Waals surface area contributed by atoms with Gasteiger partial charge in [-0.05, 0) is 13.8 Å². The van der Waals surface area contributed by atoms with Crippen molar-refractivity contribution in [2.24, 2.45) is 0 Å². The van der Waals surface area contributed by atoms with Gasteiger partial charge in [-0.3, -0.25) is 15.2 Å². The lowest BCUT2D eigenvalue weighted by Crippen LogP contribution is -2.40. The number of nitrogens with zero attached hydrogens (tertiary/aromatic N) is 1. The van der Waals surface area contributed by atoms with Crippen molar-refractivity contribution in [1.82, 2.24) is 20.8 Å². The van der Waals surface area contributed by atoms with Crippen LogP contribution in [0.15, 0.2) is 12.2 Å². The van der Waals surface area contributed by atoms with E-state index in [1.807, 2.05) is 26.0 Å². The van der Waals surface area contributed by atoms with E-state index in [2.05, 4.69) is 20.8 Å². The molecule has 0 spiro atoms. The van der Waals surface area contributed by atoms with E-state index in [0.29, 0.717) is 6.54 Å². The third-order valence-corrected chi connectivity index (χ3v) is 2.79. The summed E-state index contributed by atoms with van der Waals surface area (Å²) in [4.78, 5) is 11.7. The second kappa shape index (κ2) is 5.84. The van der Waals surface area contributed by atoms with Crippen LogP contribution in [-0.4, -0.2) is 28.7 Å². The number of carbonyl (C=O) groups is 1. The zero-order valence-electron chi connectivity index (χ0n) is 9.91. The van der Waals surface area contributed by atoms with Crippen molar-refractivity contribution < 1.29 is 4.79 Å². The second-order valence-electron chi connectivity index (χ2n) is 3.94. The molecule has 94 valence electrons. The molecule has 1 unspecified atom stereocenters. The van der Waals surface area contributed by atoms with Gasteiger partial charge >= 0.3 is 0 Å². The van der Waals surface area contributed by atoms with Gasteiger partial charge in [-0.2, -0.15) is 5.10 Å². The quantitative estimate of drug-likeness (QED) is 0.694. The van der Waals surface area contributed by atoms with Crippen molar-refractivity contribution in [3.05, 3.63) is 29.1 Å². The van der Waals surface area contributed by atoms with Crippen molar-refractivity contribution in [2.75, 3.05) is 6.54 Å². The van der Waals surface area contributed by atoms with Gasteiger partial charge in [0, 0.05) is 24.3 Å². The van der Waals surface area contributed by atoms with Crippen molar-refractivity contribution in [3.63, 3.8) is 0 Å². The maximum Gasteiger partial charge on any atom is 0.241 e. The molecule has 1 atom stereocenters. The minimum absolute atomic E-state index is 0. The molecule has 0 aliphatic carbocycles. The van der Waals surface area contributed by atoms with Crippen molar-refractivity contribution >= 4 is 18.3 Å². The molecule has 0 saturated carbocycles. The molecule has 0 radical (unpaired) electrons. The summed E-state index contributed by atoms with van der Waals surface area (Å²) in [7, 11) is 0. The predicted octanol–water partition coefficient (Wildman–Crippen LogP) is 0.593. The van der Waals surface area contributed by atoms with Gasteiger partial charge in [0.15, 0.2) is 0 Å². The zero-order valence-corrected chi connectivity index (χ0v) is 10.7. The molecular formula is C11H17ClN4O. The average Bonchev–Trinajstić information content (AvgIpc) is 2.87. The Morgan fingerprint density at radius 2 is 2.35 bits per heavy atom. The third kappa shape index (κ3) is 3.08. The van der Waals surface area contributed by atoms with Crippen LogP contribution in [0.1, 0.15) is 17.0 Å². The third-order valence-electron chi connectivity index (χ3n) is 2.79. The summed E-state index contributed by atoms with van der Waals surface area (Å²) in [6.07, 6.45) is 3.84. The Morgan fingerprint density at radius 3 is 2.88 bits per heavy atom. The van der Waals surface area contributed by atoms with Gasteiger partial charge < -0.3 is 5.32 Å². The highest BCUT2D eigenvalue weighted by molar-refractivity contribution is 5.85. The SMILES string of the molecule is Cc1n[nH]c(C)c1CNC(=O)C1C=CCN1.Cl. The summed E-state index contributed by atoms with van der Waals surface area (Å²) in [6.45, 7) is 5.18. The largest absolute Gasteiger partial charge is 0.350 e. The maximum atomic E-state index is 11.7. The molecule has 17 heavy (non-hydrogen) atoms. The van der Waals surface area contributed by atoms with Crippen LogP contribution in [0.3, 0.4) is 0 Å². The minimum Gasteiger partial charge on any atom is -0.350 e. The number of hydrogen-bond acceptors (Lipinski definition) is 3. The molecule has 1 aromatic rings. The van der Waals surface area contributed by atoms with E-state index < -0.39 is 0 Å². The number of carbonyl (C=O) groups excluding carboxylic acids is 1. The van der Waals surface area contributed by atoms with Crippen LogP contribution >= 0.6 is 12.4 Å². The van der Waals surface area contributed by atoms with Crippen LogP contribution < -0.4 is 10.6 Å². The first-order valence-electron chi connectivity index (χ1n) is 5.36. The van der Waals surface area contributed by atoms with Gasteiger partial charge in [0.2, 0.25) is 5.91 Å². The van der Waals surface area contributed by atoms with Gasteiger partial charge in [0.25, 0.3) is 0 Å². The molecule has 0 saturated heterocycles. The van der Waals surface area contributed by atoms with Crippen LogP contribution in [0.5, 0.6) is 0 Å². The van der Waals surface area contributed by atoms with Crippen LogP contribution in [0, 0.1) is 13.8 Å².